The molecule has 84 valence electrons. The van der Waals surface area contributed by atoms with Crippen LogP contribution in [0, 0.1) is 4.91 Å². The molecule has 0 amide bonds. The SMILES string of the molecule is O=Nc1c(-c2occc2Br)nc2ccccn12. The van der Waals surface area contributed by atoms with Crippen molar-refractivity contribution in [2.24, 2.45) is 5.18 Å². The number of hydrogen-bond donors (Lipinski definition) is 0. The summed E-state index contributed by atoms with van der Waals surface area (Å²) in [6.07, 6.45) is 3.26. The van der Waals surface area contributed by atoms with Crippen LogP contribution in [0.2, 0.25) is 0 Å². The monoisotopic (exact) mass is 291 g/mol. The van der Waals surface area contributed by atoms with Crippen LogP contribution in [0.15, 0.2) is 50.8 Å². The minimum atomic E-state index is 0.233. The van der Waals surface area contributed by atoms with Gasteiger partial charge in [-0.2, -0.15) is 0 Å². The minimum Gasteiger partial charge on any atom is -0.461 e. The maximum absolute atomic E-state index is 10.9. The number of nitrogens with zero attached hydrogens (tertiary/aromatic N) is 3. The predicted molar refractivity (Wildman–Crippen MR) is 66.0 cm³/mol. The molecule has 0 aliphatic rings. The highest BCUT2D eigenvalue weighted by Gasteiger charge is 2.19. The van der Waals surface area contributed by atoms with Crippen LogP contribution in [0.5, 0.6) is 0 Å². The van der Waals surface area contributed by atoms with E-state index in [0.717, 1.165) is 4.47 Å². The molecule has 0 unspecified atom stereocenters. The molecule has 0 N–H and O–H groups in total. The molecule has 0 bridgehead atoms. The summed E-state index contributed by atoms with van der Waals surface area (Å²) in [6, 6.07) is 7.20. The van der Waals surface area contributed by atoms with E-state index >= 15 is 0 Å². The molecule has 3 heterocycles. The number of nitroso groups, excluding NO2 is 1. The third-order valence-electron chi connectivity index (χ3n) is 2.42. The van der Waals surface area contributed by atoms with Crippen molar-refractivity contribution < 1.29 is 4.42 Å². The van der Waals surface area contributed by atoms with E-state index in [1.54, 1.807) is 22.7 Å². The number of halogens is 1. The maximum Gasteiger partial charge on any atom is 0.212 e. The van der Waals surface area contributed by atoms with Crippen LogP contribution in [0.1, 0.15) is 0 Å². The van der Waals surface area contributed by atoms with E-state index in [4.69, 9.17) is 4.42 Å². The maximum atomic E-state index is 10.9. The number of rotatable bonds is 2. The fourth-order valence-corrected chi connectivity index (χ4v) is 2.07. The van der Waals surface area contributed by atoms with Crippen molar-refractivity contribution in [2.45, 2.75) is 0 Å². The van der Waals surface area contributed by atoms with Gasteiger partial charge in [-0.05, 0) is 39.3 Å². The van der Waals surface area contributed by atoms with Crippen molar-refractivity contribution in [3.05, 3.63) is 46.1 Å². The fraction of sp³-hybridized carbons (Fsp3) is 0. The van der Waals surface area contributed by atoms with Crippen LogP contribution in [0.25, 0.3) is 17.1 Å². The number of imidazole rings is 1. The van der Waals surface area contributed by atoms with E-state index in [2.05, 4.69) is 26.1 Å². The molecular formula is C11H6BrN3O2. The second-order valence-electron chi connectivity index (χ2n) is 3.40. The highest BCUT2D eigenvalue weighted by Crippen LogP contribution is 2.35. The predicted octanol–water partition coefficient (Wildman–Crippen LogP) is 3.75. The molecule has 3 aromatic rings. The van der Waals surface area contributed by atoms with Gasteiger partial charge in [0.25, 0.3) is 0 Å². The van der Waals surface area contributed by atoms with Crippen LogP contribution < -0.4 is 0 Å². The zero-order valence-corrected chi connectivity index (χ0v) is 10.1. The van der Waals surface area contributed by atoms with Gasteiger partial charge in [0.1, 0.15) is 5.65 Å². The first kappa shape index (κ1) is 10.2. The summed E-state index contributed by atoms with van der Waals surface area (Å²) in [7, 11) is 0. The number of hydrogen-bond acceptors (Lipinski definition) is 4. The van der Waals surface area contributed by atoms with Crippen molar-refractivity contribution in [1.82, 2.24) is 9.38 Å². The first-order valence-electron chi connectivity index (χ1n) is 4.85. The third-order valence-corrected chi connectivity index (χ3v) is 3.05. The lowest BCUT2D eigenvalue weighted by Crippen LogP contribution is -1.80. The van der Waals surface area contributed by atoms with Crippen LogP contribution in [-0.2, 0) is 0 Å². The van der Waals surface area contributed by atoms with Gasteiger partial charge in [0.05, 0.1) is 10.7 Å². The summed E-state index contributed by atoms with van der Waals surface area (Å²) in [5, 5.41) is 3.03. The molecule has 0 fully saturated rings. The van der Waals surface area contributed by atoms with E-state index in [9.17, 15) is 4.91 Å². The molecule has 6 heteroatoms. The lowest BCUT2D eigenvalue weighted by Gasteiger charge is -1.93. The molecule has 3 aromatic heterocycles. The summed E-state index contributed by atoms with van der Waals surface area (Å²) in [5.74, 6) is 0.736. The Morgan fingerprint density at radius 3 is 2.94 bits per heavy atom. The number of furan rings is 1. The lowest BCUT2D eigenvalue weighted by atomic mass is 10.3. The quantitative estimate of drug-likeness (QED) is 0.676. The molecule has 17 heavy (non-hydrogen) atoms. The Hall–Kier alpha value is -1.95. The summed E-state index contributed by atoms with van der Waals surface area (Å²) >= 11 is 3.34. The zero-order chi connectivity index (χ0) is 11.8. The molecule has 0 aliphatic heterocycles. The van der Waals surface area contributed by atoms with E-state index in [1.807, 2.05) is 12.1 Å². The highest BCUT2D eigenvalue weighted by molar-refractivity contribution is 9.10. The zero-order valence-electron chi connectivity index (χ0n) is 8.50. The van der Waals surface area contributed by atoms with Gasteiger partial charge in [0.2, 0.25) is 5.82 Å². The fourth-order valence-electron chi connectivity index (χ4n) is 1.69. The van der Waals surface area contributed by atoms with Crippen molar-refractivity contribution in [3.63, 3.8) is 0 Å². The normalized spacial score (nSPS) is 10.9. The van der Waals surface area contributed by atoms with Crippen LogP contribution in [0.4, 0.5) is 5.82 Å². The number of fused-ring (bicyclic) bond motifs is 1. The topological polar surface area (TPSA) is 59.9 Å². The summed E-state index contributed by atoms with van der Waals surface area (Å²) in [5.41, 5.74) is 1.09. The van der Waals surface area contributed by atoms with E-state index in [1.165, 1.54) is 6.26 Å². The van der Waals surface area contributed by atoms with Crippen molar-refractivity contribution in [2.75, 3.05) is 0 Å². The molecule has 5 nitrogen and oxygen atoms in total. The summed E-state index contributed by atoms with van der Waals surface area (Å²) < 4.78 is 7.66. The Bertz CT molecular complexity index is 702. The van der Waals surface area contributed by atoms with Gasteiger partial charge in [-0.1, -0.05) is 6.07 Å². The molecule has 0 radical (unpaired) electrons. The largest absolute Gasteiger partial charge is 0.461 e. The van der Waals surface area contributed by atoms with E-state index < -0.39 is 0 Å². The smallest absolute Gasteiger partial charge is 0.212 e. The van der Waals surface area contributed by atoms with Crippen molar-refractivity contribution in [1.29, 1.82) is 0 Å². The number of aromatic nitrogens is 2. The summed E-state index contributed by atoms with van der Waals surface area (Å²) in [6.45, 7) is 0. The lowest BCUT2D eigenvalue weighted by molar-refractivity contribution is 0.579. The average Bonchev–Trinajstić information content (AvgIpc) is 2.91. The molecule has 0 saturated carbocycles. The second-order valence-corrected chi connectivity index (χ2v) is 4.26. The highest BCUT2D eigenvalue weighted by atomic mass is 79.9. The third kappa shape index (κ3) is 1.49. The Morgan fingerprint density at radius 1 is 1.35 bits per heavy atom. The minimum absolute atomic E-state index is 0.233. The molecule has 0 spiro atoms. The van der Waals surface area contributed by atoms with Gasteiger partial charge < -0.3 is 4.42 Å². The molecule has 0 saturated heterocycles. The Morgan fingerprint density at radius 2 is 2.24 bits per heavy atom. The van der Waals surface area contributed by atoms with Gasteiger partial charge in [-0.25, -0.2) is 4.98 Å². The molecule has 0 atom stereocenters. The van der Waals surface area contributed by atoms with Gasteiger partial charge in [-0.15, -0.1) is 4.91 Å². The van der Waals surface area contributed by atoms with Crippen LogP contribution >= 0.6 is 15.9 Å². The average molecular weight is 292 g/mol. The molecule has 3 rings (SSSR count). The molecule has 0 aromatic carbocycles. The standard InChI is InChI=1S/C11H6BrN3O2/c12-7-4-6-17-10(7)9-11(14-16)15-5-2-1-3-8(15)13-9/h1-6H. The van der Waals surface area contributed by atoms with Crippen LogP contribution in [0.3, 0.4) is 0 Å². The first-order valence-corrected chi connectivity index (χ1v) is 5.64. The second kappa shape index (κ2) is 3.81. The first-order chi connectivity index (χ1) is 8.31. The van der Waals surface area contributed by atoms with Crippen LogP contribution in [-0.4, -0.2) is 9.38 Å². The Labute approximate surface area is 104 Å². The molecule has 0 aliphatic carbocycles. The van der Waals surface area contributed by atoms with E-state index in [-0.39, 0.29) is 5.82 Å². The van der Waals surface area contributed by atoms with Gasteiger partial charge in [0, 0.05) is 6.20 Å². The Balaban J connectivity index is 2.37. The van der Waals surface area contributed by atoms with Gasteiger partial charge in [-0.3, -0.25) is 4.40 Å². The Kier molecular flexibility index (Phi) is 2.29. The number of pyridine rings is 1. The van der Waals surface area contributed by atoms with Gasteiger partial charge >= 0.3 is 0 Å². The van der Waals surface area contributed by atoms with E-state index in [0.29, 0.717) is 17.1 Å². The van der Waals surface area contributed by atoms with Gasteiger partial charge in [0.15, 0.2) is 11.5 Å². The summed E-state index contributed by atoms with van der Waals surface area (Å²) in [4.78, 5) is 15.3. The molecular weight excluding hydrogens is 286 g/mol. The van der Waals surface area contributed by atoms with Crippen molar-refractivity contribution in [3.8, 4) is 11.5 Å². The van der Waals surface area contributed by atoms with Crippen molar-refractivity contribution >= 4 is 27.4 Å².